The van der Waals surface area contributed by atoms with E-state index >= 15 is 0 Å². The van der Waals surface area contributed by atoms with E-state index in [1.54, 1.807) is 7.05 Å². The first-order chi connectivity index (χ1) is 13.4. The maximum absolute atomic E-state index is 12.1. The number of benzene rings is 1. The summed E-state index contributed by atoms with van der Waals surface area (Å²) in [5, 5.41) is 9.74. The zero-order chi connectivity index (χ0) is 20.6. The van der Waals surface area contributed by atoms with Gasteiger partial charge in [-0.05, 0) is 51.7 Å². The van der Waals surface area contributed by atoms with Gasteiger partial charge in [-0.15, -0.1) is 0 Å². The first-order valence-corrected chi connectivity index (χ1v) is 10.4. The Labute approximate surface area is 170 Å². The van der Waals surface area contributed by atoms with E-state index < -0.39 is 5.41 Å². The molecule has 0 aliphatic carbocycles. The van der Waals surface area contributed by atoms with Gasteiger partial charge in [0.1, 0.15) is 0 Å². The molecule has 0 spiro atoms. The van der Waals surface area contributed by atoms with Crippen molar-refractivity contribution >= 4 is 11.9 Å². The van der Waals surface area contributed by atoms with Gasteiger partial charge < -0.3 is 16.0 Å². The summed E-state index contributed by atoms with van der Waals surface area (Å²) in [4.78, 5) is 19.0. The van der Waals surface area contributed by atoms with Crippen molar-refractivity contribution in [3.8, 4) is 0 Å². The summed E-state index contributed by atoms with van der Waals surface area (Å²) in [7, 11) is 1.78. The van der Waals surface area contributed by atoms with Gasteiger partial charge in [0.2, 0.25) is 5.91 Å². The zero-order valence-corrected chi connectivity index (χ0v) is 18.1. The molecule has 0 unspecified atom stereocenters. The van der Waals surface area contributed by atoms with Crippen molar-refractivity contribution in [3.63, 3.8) is 0 Å². The van der Waals surface area contributed by atoms with Crippen LogP contribution in [0.15, 0.2) is 29.3 Å². The number of nitrogens with zero attached hydrogens (tertiary/aromatic N) is 2. The highest BCUT2D eigenvalue weighted by Gasteiger charge is 2.28. The average Bonchev–Trinajstić information content (AvgIpc) is 2.68. The van der Waals surface area contributed by atoms with Crippen LogP contribution in [0.5, 0.6) is 0 Å². The zero-order valence-electron chi connectivity index (χ0n) is 18.1. The molecule has 1 aliphatic heterocycles. The van der Waals surface area contributed by atoms with E-state index in [0.717, 1.165) is 38.4 Å². The van der Waals surface area contributed by atoms with Crippen molar-refractivity contribution in [2.45, 2.75) is 53.1 Å². The van der Waals surface area contributed by atoms with Crippen LogP contribution in [0.1, 0.15) is 44.7 Å². The van der Waals surface area contributed by atoms with Gasteiger partial charge >= 0.3 is 0 Å². The van der Waals surface area contributed by atoms with Crippen LogP contribution in [0, 0.1) is 12.3 Å². The number of hydrogen-bond donors (Lipinski definition) is 3. The minimum absolute atomic E-state index is 0.0578. The Morgan fingerprint density at radius 3 is 2.50 bits per heavy atom. The monoisotopic (exact) mass is 387 g/mol. The van der Waals surface area contributed by atoms with Crippen LogP contribution < -0.4 is 16.0 Å². The lowest BCUT2D eigenvalue weighted by Gasteiger charge is -2.34. The van der Waals surface area contributed by atoms with Gasteiger partial charge in [0.25, 0.3) is 0 Å². The lowest BCUT2D eigenvalue weighted by molar-refractivity contribution is -0.128. The molecule has 0 radical (unpaired) electrons. The molecule has 1 heterocycles. The first kappa shape index (κ1) is 22.2. The topological polar surface area (TPSA) is 68.8 Å². The molecule has 0 atom stereocenters. The third-order valence-corrected chi connectivity index (χ3v) is 5.46. The molecule has 0 saturated carbocycles. The number of piperidine rings is 1. The second kappa shape index (κ2) is 10.5. The average molecular weight is 388 g/mol. The number of aryl methyl sites for hydroxylation is 1. The Morgan fingerprint density at radius 2 is 1.89 bits per heavy atom. The fourth-order valence-electron chi connectivity index (χ4n) is 3.44. The minimum atomic E-state index is -0.482. The quantitative estimate of drug-likeness (QED) is 0.496. The predicted octanol–water partition coefficient (Wildman–Crippen LogP) is 2.29. The second-order valence-corrected chi connectivity index (χ2v) is 8.29. The number of aliphatic imine (C=N–C) groups is 1. The molecule has 1 aliphatic rings. The van der Waals surface area contributed by atoms with Crippen LogP contribution in [0.2, 0.25) is 0 Å². The molecule has 6 nitrogen and oxygen atoms in total. The van der Waals surface area contributed by atoms with Crippen LogP contribution in [0.25, 0.3) is 0 Å². The summed E-state index contributed by atoms with van der Waals surface area (Å²) in [6, 6.07) is 9.03. The standard InChI is InChI=1S/C22H37N5O/c1-6-24-20(28)22(3,4)16-25-21(23-5)26-19-11-13-27(14-12-19)15-18-10-8-7-9-17(18)2/h7-10,19H,6,11-16H2,1-5H3,(H,24,28)(H2,23,25,26). The van der Waals surface area contributed by atoms with E-state index in [9.17, 15) is 4.79 Å². The van der Waals surface area contributed by atoms with E-state index in [1.807, 2.05) is 20.8 Å². The van der Waals surface area contributed by atoms with Crippen LogP contribution in [0.3, 0.4) is 0 Å². The lowest BCUT2D eigenvalue weighted by atomic mass is 9.92. The van der Waals surface area contributed by atoms with E-state index in [-0.39, 0.29) is 5.91 Å². The third-order valence-electron chi connectivity index (χ3n) is 5.46. The molecule has 1 aromatic carbocycles. The Kier molecular flexibility index (Phi) is 8.30. The summed E-state index contributed by atoms with van der Waals surface area (Å²) in [6.45, 7) is 12.4. The van der Waals surface area contributed by atoms with Gasteiger partial charge in [0, 0.05) is 45.8 Å². The third kappa shape index (κ3) is 6.51. The van der Waals surface area contributed by atoms with Crippen molar-refractivity contribution < 1.29 is 4.79 Å². The molecule has 28 heavy (non-hydrogen) atoms. The molecular weight excluding hydrogens is 350 g/mol. The highest BCUT2D eigenvalue weighted by molar-refractivity contribution is 5.84. The number of guanidine groups is 1. The van der Waals surface area contributed by atoms with Crippen molar-refractivity contribution in [2.24, 2.45) is 10.4 Å². The molecular formula is C22H37N5O. The number of amides is 1. The summed E-state index contributed by atoms with van der Waals surface area (Å²) < 4.78 is 0. The molecule has 3 N–H and O–H groups in total. The van der Waals surface area contributed by atoms with Crippen LogP contribution in [-0.2, 0) is 11.3 Å². The molecule has 1 amide bonds. The van der Waals surface area contributed by atoms with Gasteiger partial charge in [0.05, 0.1) is 5.41 Å². The number of nitrogens with one attached hydrogen (secondary N) is 3. The number of carbonyl (C=O) groups is 1. The number of hydrogen-bond acceptors (Lipinski definition) is 3. The normalized spacial score (nSPS) is 16.7. The molecule has 2 rings (SSSR count). The fraction of sp³-hybridized carbons (Fsp3) is 0.636. The van der Waals surface area contributed by atoms with Gasteiger partial charge in [-0.3, -0.25) is 14.7 Å². The van der Waals surface area contributed by atoms with E-state index in [0.29, 0.717) is 19.1 Å². The summed E-state index contributed by atoms with van der Waals surface area (Å²) in [6.07, 6.45) is 2.18. The first-order valence-electron chi connectivity index (χ1n) is 10.4. The van der Waals surface area contributed by atoms with Crippen molar-refractivity contribution in [1.82, 2.24) is 20.9 Å². The molecule has 6 heteroatoms. The van der Waals surface area contributed by atoms with Crippen molar-refractivity contribution in [1.29, 1.82) is 0 Å². The number of carbonyl (C=O) groups excluding carboxylic acids is 1. The molecule has 0 bridgehead atoms. The number of likely N-dealkylation sites (tertiary alicyclic amines) is 1. The largest absolute Gasteiger partial charge is 0.356 e. The second-order valence-electron chi connectivity index (χ2n) is 8.29. The molecule has 0 aromatic heterocycles. The summed E-state index contributed by atoms with van der Waals surface area (Å²) >= 11 is 0. The van der Waals surface area contributed by atoms with Gasteiger partial charge in [-0.25, -0.2) is 0 Å². The Balaban J connectivity index is 1.78. The molecule has 1 fully saturated rings. The molecule has 1 saturated heterocycles. The van der Waals surface area contributed by atoms with Crippen molar-refractivity contribution in [2.75, 3.05) is 33.2 Å². The Hall–Kier alpha value is -2.08. The van der Waals surface area contributed by atoms with E-state index in [1.165, 1.54) is 11.1 Å². The summed E-state index contributed by atoms with van der Waals surface area (Å²) in [5.74, 6) is 0.831. The van der Waals surface area contributed by atoms with Crippen LogP contribution in [0.4, 0.5) is 0 Å². The Bertz CT molecular complexity index is 663. The highest BCUT2D eigenvalue weighted by Crippen LogP contribution is 2.16. The Morgan fingerprint density at radius 1 is 1.21 bits per heavy atom. The van der Waals surface area contributed by atoms with Gasteiger partial charge in [0.15, 0.2) is 5.96 Å². The maximum atomic E-state index is 12.1. The van der Waals surface area contributed by atoms with Gasteiger partial charge in [-0.2, -0.15) is 0 Å². The number of rotatable bonds is 7. The molecule has 1 aromatic rings. The smallest absolute Gasteiger partial charge is 0.227 e. The van der Waals surface area contributed by atoms with E-state index in [2.05, 4.69) is 57.0 Å². The SMILES string of the molecule is CCNC(=O)C(C)(C)CNC(=NC)NC1CCN(Cc2ccccc2C)CC1. The van der Waals surface area contributed by atoms with Crippen LogP contribution >= 0.6 is 0 Å². The predicted molar refractivity (Wildman–Crippen MR) is 116 cm³/mol. The van der Waals surface area contributed by atoms with E-state index in [4.69, 9.17) is 0 Å². The fourth-order valence-corrected chi connectivity index (χ4v) is 3.44. The minimum Gasteiger partial charge on any atom is -0.356 e. The summed E-state index contributed by atoms with van der Waals surface area (Å²) in [5.41, 5.74) is 2.30. The maximum Gasteiger partial charge on any atom is 0.227 e. The molecule has 156 valence electrons. The van der Waals surface area contributed by atoms with Gasteiger partial charge in [-0.1, -0.05) is 24.3 Å². The van der Waals surface area contributed by atoms with Crippen molar-refractivity contribution in [3.05, 3.63) is 35.4 Å². The highest BCUT2D eigenvalue weighted by atomic mass is 16.2. The lowest BCUT2D eigenvalue weighted by Crippen LogP contribution is -2.51. The van der Waals surface area contributed by atoms with Crippen LogP contribution in [-0.4, -0.2) is 56.0 Å².